The van der Waals surface area contributed by atoms with Crippen molar-refractivity contribution < 1.29 is 9.53 Å². The second kappa shape index (κ2) is 7.01. The van der Waals surface area contributed by atoms with E-state index in [4.69, 9.17) is 4.74 Å². The minimum Gasteiger partial charge on any atom is -0.379 e. The average Bonchev–Trinajstić information content (AvgIpc) is 3.18. The molecule has 6 nitrogen and oxygen atoms in total. The van der Waals surface area contributed by atoms with Crippen molar-refractivity contribution in [3.8, 4) is 0 Å². The summed E-state index contributed by atoms with van der Waals surface area (Å²) in [4.78, 5) is 15.0. The molecule has 2 fully saturated rings. The van der Waals surface area contributed by atoms with Crippen molar-refractivity contribution in [2.75, 3.05) is 26.3 Å². The van der Waals surface area contributed by atoms with Crippen LogP contribution in [0.25, 0.3) is 0 Å². The Labute approximate surface area is 138 Å². The molecule has 1 saturated heterocycles. The maximum atomic E-state index is 12.4. The molecular formula is C17H28N4O2. The zero-order chi connectivity index (χ0) is 16.3. The van der Waals surface area contributed by atoms with Crippen LogP contribution < -0.4 is 5.32 Å². The first-order chi connectivity index (χ1) is 11.1. The van der Waals surface area contributed by atoms with Gasteiger partial charge in [0.25, 0.3) is 0 Å². The highest BCUT2D eigenvalue weighted by Crippen LogP contribution is 2.38. The third kappa shape index (κ3) is 3.58. The number of morpholine rings is 1. The summed E-state index contributed by atoms with van der Waals surface area (Å²) in [5.74, 6) is 0.0588. The van der Waals surface area contributed by atoms with Gasteiger partial charge in [0.1, 0.15) is 0 Å². The van der Waals surface area contributed by atoms with Crippen molar-refractivity contribution in [2.24, 2.45) is 0 Å². The number of amides is 1. The van der Waals surface area contributed by atoms with E-state index >= 15 is 0 Å². The molecule has 1 aliphatic carbocycles. The fourth-order valence-electron chi connectivity index (χ4n) is 4.18. The summed E-state index contributed by atoms with van der Waals surface area (Å²) in [5, 5.41) is 10.3. The van der Waals surface area contributed by atoms with Gasteiger partial charge in [-0.25, -0.2) is 0 Å². The number of aryl methyl sites for hydroxylation is 1. The van der Waals surface area contributed by atoms with E-state index in [0.717, 1.165) is 50.5 Å². The van der Waals surface area contributed by atoms with E-state index in [1.54, 1.807) is 0 Å². The van der Waals surface area contributed by atoms with E-state index in [9.17, 15) is 4.79 Å². The number of hydrogen-bond acceptors (Lipinski definition) is 4. The van der Waals surface area contributed by atoms with Crippen LogP contribution in [0.4, 0.5) is 0 Å². The van der Waals surface area contributed by atoms with Gasteiger partial charge < -0.3 is 10.1 Å². The minimum atomic E-state index is 0.0588. The molecule has 1 aromatic heterocycles. The zero-order valence-electron chi connectivity index (χ0n) is 14.2. The molecule has 3 rings (SSSR count). The molecule has 0 aromatic carbocycles. The van der Waals surface area contributed by atoms with Crippen LogP contribution in [0.1, 0.15) is 44.0 Å². The number of nitrogens with one attached hydrogen (secondary N) is 2. The van der Waals surface area contributed by atoms with Crippen LogP contribution in [0.2, 0.25) is 0 Å². The molecule has 0 bridgehead atoms. The summed E-state index contributed by atoms with van der Waals surface area (Å²) in [6.07, 6.45) is 5.16. The van der Waals surface area contributed by atoms with Crippen molar-refractivity contribution in [1.29, 1.82) is 0 Å². The van der Waals surface area contributed by atoms with Crippen molar-refractivity contribution in [2.45, 2.75) is 57.5 Å². The van der Waals surface area contributed by atoms with Gasteiger partial charge in [-0.15, -0.1) is 0 Å². The van der Waals surface area contributed by atoms with E-state index in [-0.39, 0.29) is 17.5 Å². The number of carbonyl (C=O) groups excluding carboxylic acids is 1. The molecule has 1 aliphatic heterocycles. The molecule has 2 aliphatic rings. The lowest BCUT2D eigenvalue weighted by atomic mass is 9.86. The monoisotopic (exact) mass is 320 g/mol. The van der Waals surface area contributed by atoms with E-state index in [0.29, 0.717) is 6.42 Å². The molecule has 23 heavy (non-hydrogen) atoms. The van der Waals surface area contributed by atoms with Crippen molar-refractivity contribution in [3.63, 3.8) is 0 Å². The first kappa shape index (κ1) is 16.5. The summed E-state index contributed by atoms with van der Waals surface area (Å²) in [6, 6.07) is 2.08. The van der Waals surface area contributed by atoms with E-state index in [1.807, 2.05) is 13.0 Å². The lowest BCUT2D eigenvalue weighted by Gasteiger charge is -2.47. The lowest BCUT2D eigenvalue weighted by molar-refractivity contribution is -0.122. The third-order valence-electron chi connectivity index (χ3n) is 5.39. The predicted molar refractivity (Wildman–Crippen MR) is 88.2 cm³/mol. The van der Waals surface area contributed by atoms with Crippen molar-refractivity contribution in [1.82, 2.24) is 20.4 Å². The van der Waals surface area contributed by atoms with Crippen LogP contribution in [0.5, 0.6) is 0 Å². The molecule has 0 spiro atoms. The van der Waals surface area contributed by atoms with E-state index < -0.39 is 0 Å². The standard InChI is InChI=1S/C17H28N4O2/c1-13-11-15(20-19-13)12-16(22)18-14(2)17(5-3-4-6-17)21-7-9-23-10-8-21/h11,14H,3-10,12H2,1-2H3,(H,18,22)(H,19,20). The first-order valence-corrected chi connectivity index (χ1v) is 8.73. The Morgan fingerprint density at radius 2 is 2.13 bits per heavy atom. The Morgan fingerprint density at radius 3 is 2.74 bits per heavy atom. The molecule has 1 aromatic rings. The molecule has 1 atom stereocenters. The molecule has 128 valence electrons. The fraction of sp³-hybridized carbons (Fsp3) is 0.765. The number of rotatable bonds is 5. The Bertz CT molecular complexity index is 530. The molecule has 1 saturated carbocycles. The van der Waals surface area contributed by atoms with Gasteiger partial charge in [-0.3, -0.25) is 14.8 Å². The van der Waals surface area contributed by atoms with Crippen LogP contribution in [-0.4, -0.2) is 58.9 Å². The minimum absolute atomic E-state index is 0.0588. The second-order valence-corrected chi connectivity index (χ2v) is 6.92. The van der Waals surface area contributed by atoms with Crippen molar-refractivity contribution >= 4 is 5.91 Å². The Hall–Kier alpha value is -1.40. The van der Waals surface area contributed by atoms with Crippen LogP contribution in [0.3, 0.4) is 0 Å². The largest absolute Gasteiger partial charge is 0.379 e. The summed E-state index contributed by atoms with van der Waals surface area (Å²) >= 11 is 0. The van der Waals surface area contributed by atoms with Gasteiger partial charge in [-0.2, -0.15) is 5.10 Å². The Kier molecular flexibility index (Phi) is 5.02. The summed E-state index contributed by atoms with van der Waals surface area (Å²) in [7, 11) is 0. The second-order valence-electron chi connectivity index (χ2n) is 6.92. The number of carbonyl (C=O) groups is 1. The highest BCUT2D eigenvalue weighted by Gasteiger charge is 2.44. The summed E-state index contributed by atoms with van der Waals surface area (Å²) < 4.78 is 5.51. The Morgan fingerprint density at radius 1 is 1.43 bits per heavy atom. The third-order valence-corrected chi connectivity index (χ3v) is 5.39. The van der Waals surface area contributed by atoms with Crippen LogP contribution in [0.15, 0.2) is 6.07 Å². The molecular weight excluding hydrogens is 292 g/mol. The molecule has 6 heteroatoms. The summed E-state index contributed by atoms with van der Waals surface area (Å²) in [5.41, 5.74) is 1.89. The summed E-state index contributed by atoms with van der Waals surface area (Å²) in [6.45, 7) is 7.65. The predicted octanol–water partition coefficient (Wildman–Crippen LogP) is 1.41. The van der Waals surface area contributed by atoms with Gasteiger partial charge in [0.15, 0.2) is 0 Å². The fourth-order valence-corrected chi connectivity index (χ4v) is 4.18. The topological polar surface area (TPSA) is 70.2 Å². The SMILES string of the molecule is Cc1cc(CC(=O)NC(C)C2(N3CCOCC3)CCCC2)n[nH]1. The van der Waals surface area contributed by atoms with Gasteiger partial charge >= 0.3 is 0 Å². The van der Waals surface area contributed by atoms with Gasteiger partial charge in [0, 0.05) is 30.4 Å². The quantitative estimate of drug-likeness (QED) is 0.860. The molecule has 1 unspecified atom stereocenters. The van der Waals surface area contributed by atoms with Gasteiger partial charge in [-0.1, -0.05) is 12.8 Å². The van der Waals surface area contributed by atoms with Crippen LogP contribution in [0, 0.1) is 6.92 Å². The molecule has 2 N–H and O–H groups in total. The Balaban J connectivity index is 1.64. The number of aromatic nitrogens is 2. The average molecular weight is 320 g/mol. The number of H-pyrrole nitrogens is 1. The molecule has 2 heterocycles. The van der Waals surface area contributed by atoms with E-state index in [2.05, 4.69) is 27.3 Å². The highest BCUT2D eigenvalue weighted by molar-refractivity contribution is 5.78. The van der Waals surface area contributed by atoms with E-state index in [1.165, 1.54) is 12.8 Å². The van der Waals surface area contributed by atoms with Gasteiger partial charge in [0.2, 0.25) is 5.91 Å². The van der Waals surface area contributed by atoms with Crippen molar-refractivity contribution in [3.05, 3.63) is 17.5 Å². The first-order valence-electron chi connectivity index (χ1n) is 8.73. The maximum Gasteiger partial charge on any atom is 0.226 e. The number of aromatic amines is 1. The molecule has 0 radical (unpaired) electrons. The lowest BCUT2D eigenvalue weighted by Crippen LogP contribution is -2.62. The van der Waals surface area contributed by atoms with Crippen LogP contribution >= 0.6 is 0 Å². The smallest absolute Gasteiger partial charge is 0.226 e. The molecule has 1 amide bonds. The number of ether oxygens (including phenoxy) is 1. The van der Waals surface area contributed by atoms with Gasteiger partial charge in [-0.05, 0) is 32.8 Å². The number of nitrogens with zero attached hydrogens (tertiary/aromatic N) is 2. The zero-order valence-corrected chi connectivity index (χ0v) is 14.2. The highest BCUT2D eigenvalue weighted by atomic mass is 16.5. The normalized spacial score (nSPS) is 22.9. The van der Waals surface area contributed by atoms with Gasteiger partial charge in [0.05, 0.1) is 25.3 Å². The number of hydrogen-bond donors (Lipinski definition) is 2. The van der Waals surface area contributed by atoms with Crippen LogP contribution in [-0.2, 0) is 16.0 Å². The maximum absolute atomic E-state index is 12.4.